The number of carboxylic acids is 1. The monoisotopic (exact) mass is 307 g/mol. The number of aryl methyl sites for hydroxylation is 1. The fourth-order valence-corrected chi connectivity index (χ4v) is 3.86. The molecule has 4 nitrogen and oxygen atoms in total. The van der Waals surface area contributed by atoms with Gasteiger partial charge in [-0.05, 0) is 36.6 Å². The Morgan fingerprint density at radius 3 is 2.81 bits per heavy atom. The van der Waals surface area contributed by atoms with Gasteiger partial charge in [0.05, 0.1) is 0 Å². The summed E-state index contributed by atoms with van der Waals surface area (Å²) in [5, 5.41) is 11.8. The van der Waals surface area contributed by atoms with Crippen molar-refractivity contribution in [3.8, 4) is 0 Å². The number of carbonyl (C=O) groups is 2. The first kappa shape index (κ1) is 15.9. The van der Waals surface area contributed by atoms with Gasteiger partial charge in [-0.3, -0.25) is 4.79 Å². The Labute approximate surface area is 129 Å². The predicted molar refractivity (Wildman–Crippen MR) is 84.4 cm³/mol. The Kier molecular flexibility index (Phi) is 4.93. The Morgan fingerprint density at radius 2 is 2.14 bits per heavy atom. The fourth-order valence-electron chi connectivity index (χ4n) is 2.67. The van der Waals surface area contributed by atoms with Crippen LogP contribution in [0.2, 0.25) is 0 Å². The van der Waals surface area contributed by atoms with Crippen LogP contribution in [0.3, 0.4) is 0 Å². The molecule has 0 aromatic heterocycles. The van der Waals surface area contributed by atoms with Crippen LogP contribution in [0.25, 0.3) is 0 Å². The number of hydrogen-bond acceptors (Lipinski definition) is 3. The highest BCUT2D eigenvalue weighted by atomic mass is 32.2. The molecule has 1 amide bonds. The van der Waals surface area contributed by atoms with Crippen LogP contribution < -0.4 is 5.32 Å². The van der Waals surface area contributed by atoms with E-state index in [-0.39, 0.29) is 11.2 Å². The van der Waals surface area contributed by atoms with Crippen molar-refractivity contribution in [1.82, 2.24) is 5.32 Å². The first-order chi connectivity index (χ1) is 9.98. The van der Waals surface area contributed by atoms with Crippen molar-refractivity contribution in [2.75, 3.05) is 5.75 Å². The number of carboxylic acid groups (broad SMARTS) is 1. The number of nitrogens with one attached hydrogen (secondary N) is 1. The van der Waals surface area contributed by atoms with Gasteiger partial charge in [0.2, 0.25) is 5.91 Å². The van der Waals surface area contributed by atoms with Crippen molar-refractivity contribution in [3.63, 3.8) is 0 Å². The van der Waals surface area contributed by atoms with Gasteiger partial charge in [-0.25, -0.2) is 4.79 Å². The van der Waals surface area contributed by atoms with Gasteiger partial charge in [-0.2, -0.15) is 0 Å². The summed E-state index contributed by atoms with van der Waals surface area (Å²) < 4.78 is 0. The van der Waals surface area contributed by atoms with Crippen LogP contribution in [0, 0.1) is 0 Å². The third-order valence-corrected chi connectivity index (χ3v) is 5.09. The molecular weight excluding hydrogens is 286 g/mol. The van der Waals surface area contributed by atoms with Crippen molar-refractivity contribution < 1.29 is 14.7 Å². The molecule has 114 valence electrons. The third-order valence-electron chi connectivity index (χ3n) is 3.85. The van der Waals surface area contributed by atoms with E-state index in [1.54, 1.807) is 18.7 Å². The molecule has 0 bridgehead atoms. The van der Waals surface area contributed by atoms with E-state index in [4.69, 9.17) is 0 Å². The Balaban J connectivity index is 2.20. The summed E-state index contributed by atoms with van der Waals surface area (Å²) in [5.74, 6) is -0.301. The van der Waals surface area contributed by atoms with E-state index in [9.17, 15) is 14.7 Å². The summed E-state index contributed by atoms with van der Waals surface area (Å²) in [7, 11) is 0. The Hall–Kier alpha value is -1.49. The number of fused-ring (bicyclic) bond motifs is 1. The molecule has 0 spiro atoms. The van der Waals surface area contributed by atoms with E-state index in [2.05, 4.69) is 5.32 Å². The van der Waals surface area contributed by atoms with E-state index < -0.39 is 11.5 Å². The zero-order valence-corrected chi connectivity index (χ0v) is 13.2. The number of aliphatic carboxylic acids is 1. The maximum atomic E-state index is 12.6. The van der Waals surface area contributed by atoms with Crippen molar-refractivity contribution >= 4 is 23.6 Å². The molecular formula is C16H21NO3S. The first-order valence-corrected chi connectivity index (χ1v) is 8.27. The average molecular weight is 307 g/mol. The van der Waals surface area contributed by atoms with E-state index in [0.29, 0.717) is 12.8 Å². The summed E-state index contributed by atoms with van der Waals surface area (Å²) in [6.45, 7) is 3.49. The van der Waals surface area contributed by atoms with Crippen LogP contribution in [-0.4, -0.2) is 28.3 Å². The SMILES string of the molecule is CCCC(C)(NC(=O)C1SCCc2ccccc21)C(=O)O. The lowest BCUT2D eigenvalue weighted by atomic mass is 9.95. The fraction of sp³-hybridized carbons (Fsp3) is 0.500. The van der Waals surface area contributed by atoms with Crippen LogP contribution in [0.15, 0.2) is 24.3 Å². The molecule has 0 aliphatic carbocycles. The van der Waals surface area contributed by atoms with Gasteiger partial charge < -0.3 is 10.4 Å². The van der Waals surface area contributed by atoms with Gasteiger partial charge >= 0.3 is 5.97 Å². The van der Waals surface area contributed by atoms with E-state index in [1.807, 2.05) is 31.2 Å². The van der Waals surface area contributed by atoms with Gasteiger partial charge in [0.1, 0.15) is 10.8 Å². The summed E-state index contributed by atoms with van der Waals surface area (Å²) in [6.07, 6.45) is 2.08. The molecule has 2 N–H and O–H groups in total. The number of thioether (sulfide) groups is 1. The lowest BCUT2D eigenvalue weighted by molar-refractivity contribution is -0.147. The molecule has 1 aromatic carbocycles. The molecule has 1 aliphatic heterocycles. The van der Waals surface area contributed by atoms with Crippen LogP contribution in [0.1, 0.15) is 43.1 Å². The summed E-state index contributed by atoms with van der Waals surface area (Å²) >= 11 is 1.58. The molecule has 5 heteroatoms. The maximum Gasteiger partial charge on any atom is 0.329 e. The second-order valence-electron chi connectivity index (χ2n) is 5.58. The number of hydrogen-bond donors (Lipinski definition) is 2. The number of carbonyl (C=O) groups excluding carboxylic acids is 1. The molecule has 0 saturated heterocycles. The van der Waals surface area contributed by atoms with Crippen molar-refractivity contribution in [2.45, 2.75) is 43.9 Å². The van der Waals surface area contributed by atoms with Gasteiger partial charge in [-0.15, -0.1) is 11.8 Å². The van der Waals surface area contributed by atoms with E-state index in [1.165, 1.54) is 5.56 Å². The van der Waals surface area contributed by atoms with Crippen LogP contribution in [-0.2, 0) is 16.0 Å². The van der Waals surface area contributed by atoms with Gasteiger partial charge in [0, 0.05) is 0 Å². The molecule has 2 unspecified atom stereocenters. The molecule has 1 heterocycles. The third kappa shape index (κ3) is 3.40. The van der Waals surface area contributed by atoms with Crippen LogP contribution in [0.4, 0.5) is 0 Å². The average Bonchev–Trinajstić information content (AvgIpc) is 2.46. The summed E-state index contributed by atoms with van der Waals surface area (Å²) in [6, 6.07) is 7.90. The molecule has 1 aliphatic rings. The smallest absolute Gasteiger partial charge is 0.329 e. The summed E-state index contributed by atoms with van der Waals surface area (Å²) in [4.78, 5) is 24.0. The molecule has 2 atom stereocenters. The highest BCUT2D eigenvalue weighted by Crippen LogP contribution is 2.37. The maximum absolute atomic E-state index is 12.6. The molecule has 0 fully saturated rings. The molecule has 0 saturated carbocycles. The second kappa shape index (κ2) is 6.52. The van der Waals surface area contributed by atoms with Crippen molar-refractivity contribution in [2.24, 2.45) is 0 Å². The minimum atomic E-state index is -1.20. The van der Waals surface area contributed by atoms with Crippen LogP contribution in [0.5, 0.6) is 0 Å². The number of rotatable bonds is 5. The molecule has 2 rings (SSSR count). The number of benzene rings is 1. The standard InChI is InChI=1S/C16H21NO3S/c1-3-9-16(2,15(19)20)17-14(18)13-12-7-5-4-6-11(12)8-10-21-13/h4-7,13H,3,8-10H2,1-2H3,(H,17,18)(H,19,20). The minimum Gasteiger partial charge on any atom is -0.480 e. The van der Waals surface area contributed by atoms with Crippen LogP contribution >= 0.6 is 11.8 Å². The second-order valence-corrected chi connectivity index (χ2v) is 6.79. The van der Waals surface area contributed by atoms with Crippen molar-refractivity contribution in [3.05, 3.63) is 35.4 Å². The highest BCUT2D eigenvalue weighted by Gasteiger charge is 2.37. The quantitative estimate of drug-likeness (QED) is 0.878. The van der Waals surface area contributed by atoms with E-state index in [0.717, 1.165) is 17.7 Å². The number of amides is 1. The Bertz CT molecular complexity index is 546. The molecule has 1 aromatic rings. The topological polar surface area (TPSA) is 66.4 Å². The minimum absolute atomic E-state index is 0.203. The molecule has 0 radical (unpaired) electrons. The van der Waals surface area contributed by atoms with Gasteiger partial charge in [0.25, 0.3) is 0 Å². The molecule has 21 heavy (non-hydrogen) atoms. The van der Waals surface area contributed by atoms with Crippen molar-refractivity contribution in [1.29, 1.82) is 0 Å². The van der Waals surface area contributed by atoms with Gasteiger partial charge in [-0.1, -0.05) is 37.6 Å². The Morgan fingerprint density at radius 1 is 1.43 bits per heavy atom. The first-order valence-electron chi connectivity index (χ1n) is 7.23. The van der Waals surface area contributed by atoms with Gasteiger partial charge in [0.15, 0.2) is 0 Å². The summed E-state index contributed by atoms with van der Waals surface area (Å²) in [5.41, 5.74) is 0.998. The zero-order chi connectivity index (χ0) is 15.5. The zero-order valence-electron chi connectivity index (χ0n) is 12.4. The highest BCUT2D eigenvalue weighted by molar-refractivity contribution is 8.00. The predicted octanol–water partition coefficient (Wildman–Crippen LogP) is 2.78. The lowest BCUT2D eigenvalue weighted by Gasteiger charge is -2.30. The largest absolute Gasteiger partial charge is 0.480 e. The van der Waals surface area contributed by atoms with E-state index >= 15 is 0 Å². The lowest BCUT2D eigenvalue weighted by Crippen LogP contribution is -2.53. The normalized spacial score (nSPS) is 20.2.